The van der Waals surface area contributed by atoms with Gasteiger partial charge in [-0.25, -0.2) is 0 Å². The van der Waals surface area contributed by atoms with Gasteiger partial charge in [0.1, 0.15) is 0 Å². The van der Waals surface area contributed by atoms with Gasteiger partial charge in [-0.15, -0.1) is 0 Å². The number of thiol groups is 1. The van der Waals surface area contributed by atoms with Crippen molar-refractivity contribution in [3.05, 3.63) is 0 Å². The van der Waals surface area contributed by atoms with E-state index in [1.54, 1.807) is 0 Å². The molecule has 0 aromatic heterocycles. The molecule has 0 radical (unpaired) electrons. The molecule has 0 N–H and O–H groups in total. The third-order valence-corrected chi connectivity index (χ3v) is 2.38. The largest absolute Gasteiger partial charge is 0.469 e. The summed E-state index contributed by atoms with van der Waals surface area (Å²) in [5.74, 6) is 0.525. The fourth-order valence-electron chi connectivity index (χ4n) is 0.794. The molecule has 0 aromatic carbocycles. The lowest BCUT2D eigenvalue weighted by molar-refractivity contribution is -0.146. The molecule has 0 bridgehead atoms. The first-order valence-corrected chi connectivity index (χ1v) is 3.58. The van der Waals surface area contributed by atoms with E-state index in [0.717, 1.165) is 12.8 Å². The maximum Gasteiger partial charge on any atom is 0.312 e. The molecule has 1 rings (SSSR count). The van der Waals surface area contributed by atoms with Gasteiger partial charge in [0, 0.05) is 5.75 Å². The van der Waals surface area contributed by atoms with Crippen LogP contribution in [0.25, 0.3) is 0 Å². The Bertz CT molecular complexity index is 129. The first kappa shape index (κ1) is 6.93. The van der Waals surface area contributed by atoms with Crippen molar-refractivity contribution in [2.45, 2.75) is 12.8 Å². The van der Waals surface area contributed by atoms with E-state index >= 15 is 0 Å². The van der Waals surface area contributed by atoms with Gasteiger partial charge in [0.25, 0.3) is 0 Å². The van der Waals surface area contributed by atoms with Crippen LogP contribution in [0.4, 0.5) is 0 Å². The Balaban J connectivity index is 2.49. The molecule has 1 fully saturated rings. The zero-order chi connectivity index (χ0) is 6.91. The molecule has 2 nitrogen and oxygen atoms in total. The van der Waals surface area contributed by atoms with Gasteiger partial charge in [0.2, 0.25) is 0 Å². The van der Waals surface area contributed by atoms with E-state index in [0.29, 0.717) is 5.75 Å². The lowest BCUT2D eigenvalue weighted by Crippen LogP contribution is -2.18. The summed E-state index contributed by atoms with van der Waals surface area (Å²) in [6.45, 7) is 0. The van der Waals surface area contributed by atoms with Crippen LogP contribution in [0, 0.1) is 5.41 Å². The van der Waals surface area contributed by atoms with Crippen molar-refractivity contribution in [1.82, 2.24) is 0 Å². The fraction of sp³-hybridized carbons (Fsp3) is 0.833. The summed E-state index contributed by atoms with van der Waals surface area (Å²) in [6, 6.07) is 0. The summed E-state index contributed by atoms with van der Waals surface area (Å²) < 4.78 is 4.58. The highest BCUT2D eigenvalue weighted by Gasteiger charge is 2.49. The Morgan fingerprint density at radius 3 is 2.44 bits per heavy atom. The van der Waals surface area contributed by atoms with Crippen LogP contribution in [0.2, 0.25) is 0 Å². The van der Waals surface area contributed by atoms with Crippen LogP contribution in [0.3, 0.4) is 0 Å². The molecule has 0 spiro atoms. The van der Waals surface area contributed by atoms with Gasteiger partial charge in [-0.05, 0) is 12.8 Å². The van der Waals surface area contributed by atoms with Crippen LogP contribution in [0.1, 0.15) is 12.8 Å². The second-order valence-electron chi connectivity index (χ2n) is 2.43. The van der Waals surface area contributed by atoms with E-state index in [2.05, 4.69) is 17.4 Å². The fourth-order valence-corrected chi connectivity index (χ4v) is 1.24. The summed E-state index contributed by atoms with van der Waals surface area (Å²) in [5, 5.41) is 0. The normalized spacial score (nSPS) is 21.1. The van der Waals surface area contributed by atoms with E-state index in [4.69, 9.17) is 0 Å². The van der Waals surface area contributed by atoms with Gasteiger partial charge in [-0.3, -0.25) is 4.79 Å². The average Bonchev–Trinajstić information content (AvgIpc) is 2.66. The van der Waals surface area contributed by atoms with Crippen molar-refractivity contribution < 1.29 is 9.53 Å². The third kappa shape index (κ3) is 1.06. The second kappa shape index (κ2) is 2.21. The highest BCUT2D eigenvalue weighted by Crippen LogP contribution is 2.47. The van der Waals surface area contributed by atoms with E-state index in [9.17, 15) is 4.79 Å². The quantitative estimate of drug-likeness (QED) is 0.462. The van der Waals surface area contributed by atoms with Gasteiger partial charge < -0.3 is 4.74 Å². The number of carbonyl (C=O) groups is 1. The van der Waals surface area contributed by atoms with Crippen molar-refractivity contribution in [1.29, 1.82) is 0 Å². The van der Waals surface area contributed by atoms with Crippen molar-refractivity contribution >= 4 is 18.6 Å². The maximum absolute atomic E-state index is 10.9. The number of hydrogen-bond donors (Lipinski definition) is 1. The molecule has 0 aliphatic heterocycles. The Morgan fingerprint density at radius 1 is 1.78 bits per heavy atom. The molecular formula is C6H10O2S. The van der Waals surface area contributed by atoms with Gasteiger partial charge >= 0.3 is 5.97 Å². The number of carbonyl (C=O) groups excluding carboxylic acids is 1. The van der Waals surface area contributed by atoms with Crippen LogP contribution in [-0.4, -0.2) is 18.8 Å². The van der Waals surface area contributed by atoms with Crippen LogP contribution in [0.5, 0.6) is 0 Å². The highest BCUT2D eigenvalue weighted by molar-refractivity contribution is 7.80. The summed E-state index contributed by atoms with van der Waals surface area (Å²) in [7, 11) is 1.42. The zero-order valence-corrected chi connectivity index (χ0v) is 6.28. The van der Waals surface area contributed by atoms with Gasteiger partial charge in [-0.2, -0.15) is 12.6 Å². The molecule has 0 heterocycles. The molecule has 9 heavy (non-hydrogen) atoms. The maximum atomic E-state index is 10.9. The summed E-state index contributed by atoms with van der Waals surface area (Å²) in [6.07, 6.45) is 1.90. The topological polar surface area (TPSA) is 26.3 Å². The average molecular weight is 146 g/mol. The Morgan fingerprint density at radius 2 is 2.33 bits per heavy atom. The smallest absolute Gasteiger partial charge is 0.312 e. The first-order chi connectivity index (χ1) is 4.25. The predicted octanol–water partition coefficient (Wildman–Crippen LogP) is 0.869. The minimum Gasteiger partial charge on any atom is -0.469 e. The van der Waals surface area contributed by atoms with Crippen LogP contribution in [-0.2, 0) is 9.53 Å². The lowest BCUT2D eigenvalue weighted by atomic mass is 10.1. The van der Waals surface area contributed by atoms with Crippen LogP contribution >= 0.6 is 12.6 Å². The predicted molar refractivity (Wildman–Crippen MR) is 37.5 cm³/mol. The standard InChI is InChI=1S/C6H10O2S/c1-8-5(7)6(4-9)2-3-6/h9H,2-4H2,1H3. The monoisotopic (exact) mass is 146 g/mol. The molecule has 0 unspecified atom stereocenters. The number of hydrogen-bond acceptors (Lipinski definition) is 3. The molecule has 1 aliphatic carbocycles. The van der Waals surface area contributed by atoms with Gasteiger partial charge in [-0.1, -0.05) is 0 Å². The Hall–Kier alpha value is -0.180. The molecule has 0 aromatic rings. The number of ether oxygens (including phenoxy) is 1. The first-order valence-electron chi connectivity index (χ1n) is 2.94. The van der Waals surface area contributed by atoms with Gasteiger partial charge in [0.05, 0.1) is 12.5 Å². The van der Waals surface area contributed by atoms with E-state index in [-0.39, 0.29) is 11.4 Å². The minimum atomic E-state index is -0.197. The van der Waals surface area contributed by atoms with Crippen molar-refractivity contribution in [3.63, 3.8) is 0 Å². The molecular weight excluding hydrogens is 136 g/mol. The number of esters is 1. The number of rotatable bonds is 2. The van der Waals surface area contributed by atoms with Crippen molar-refractivity contribution in [3.8, 4) is 0 Å². The molecule has 1 aliphatic rings. The van der Waals surface area contributed by atoms with Crippen LogP contribution < -0.4 is 0 Å². The summed E-state index contributed by atoms with van der Waals surface area (Å²) in [4.78, 5) is 10.9. The SMILES string of the molecule is COC(=O)C1(CS)CC1. The molecule has 3 heteroatoms. The lowest BCUT2D eigenvalue weighted by Gasteiger charge is -2.06. The summed E-state index contributed by atoms with van der Waals surface area (Å²) >= 11 is 4.06. The van der Waals surface area contributed by atoms with E-state index < -0.39 is 0 Å². The molecule has 0 saturated heterocycles. The molecule has 0 atom stereocenters. The van der Waals surface area contributed by atoms with Crippen molar-refractivity contribution in [2.24, 2.45) is 5.41 Å². The van der Waals surface area contributed by atoms with Crippen molar-refractivity contribution in [2.75, 3.05) is 12.9 Å². The highest BCUT2D eigenvalue weighted by atomic mass is 32.1. The summed E-state index contributed by atoms with van der Waals surface area (Å²) in [5.41, 5.74) is -0.197. The zero-order valence-electron chi connectivity index (χ0n) is 5.39. The molecule has 1 saturated carbocycles. The van der Waals surface area contributed by atoms with E-state index in [1.807, 2.05) is 0 Å². The Kier molecular flexibility index (Phi) is 1.70. The van der Waals surface area contributed by atoms with Crippen LogP contribution in [0.15, 0.2) is 0 Å². The second-order valence-corrected chi connectivity index (χ2v) is 2.75. The molecule has 0 amide bonds. The Labute approximate surface area is 60.0 Å². The van der Waals surface area contributed by atoms with E-state index in [1.165, 1.54) is 7.11 Å². The molecule has 52 valence electrons. The number of methoxy groups -OCH3 is 1. The third-order valence-electron chi connectivity index (χ3n) is 1.77. The minimum absolute atomic E-state index is 0.0995. The van der Waals surface area contributed by atoms with Gasteiger partial charge in [0.15, 0.2) is 0 Å².